The smallest absolute Gasteiger partial charge is 0.377 e. The average Bonchev–Trinajstić information content (AvgIpc) is 2.29. The summed E-state index contributed by atoms with van der Waals surface area (Å²) in [5.41, 5.74) is 0.150. The Morgan fingerprint density at radius 1 is 1.17 bits per heavy atom. The molecule has 0 aliphatic rings. The molecule has 1 aromatic rings. The highest BCUT2D eigenvalue weighted by Crippen LogP contribution is 2.29. The Balaban J connectivity index is 2.76. The summed E-state index contributed by atoms with van der Waals surface area (Å²) in [6, 6.07) is 5.04. The van der Waals surface area contributed by atoms with E-state index in [-0.39, 0.29) is 12.1 Å². The van der Waals surface area contributed by atoms with Gasteiger partial charge in [-0.05, 0) is 38.6 Å². The van der Waals surface area contributed by atoms with E-state index in [1.807, 2.05) is 13.8 Å². The van der Waals surface area contributed by atoms with E-state index in [0.29, 0.717) is 6.61 Å². The van der Waals surface area contributed by atoms with Crippen LogP contribution in [0.2, 0.25) is 0 Å². The van der Waals surface area contributed by atoms with Gasteiger partial charge in [0, 0.05) is 0 Å². The zero-order chi connectivity index (χ0) is 13.8. The fourth-order valence-corrected chi connectivity index (χ4v) is 1.54. The van der Waals surface area contributed by atoms with Crippen molar-refractivity contribution in [1.29, 1.82) is 0 Å². The largest absolute Gasteiger partial charge is 0.416 e. The zero-order valence-corrected chi connectivity index (χ0v) is 10.7. The molecular formula is C13H18F3NO. The molecule has 1 rings (SSSR count). The maximum absolute atomic E-state index is 12.4. The lowest BCUT2D eigenvalue weighted by molar-refractivity contribution is -0.137. The fraction of sp³-hybridized carbons (Fsp3) is 0.538. The van der Waals surface area contributed by atoms with Gasteiger partial charge in [-0.2, -0.15) is 13.2 Å². The summed E-state index contributed by atoms with van der Waals surface area (Å²) in [5, 5.41) is 3.03. The van der Waals surface area contributed by atoms with E-state index in [1.54, 1.807) is 7.05 Å². The Hall–Kier alpha value is -1.07. The molecule has 5 heteroatoms. The molecule has 1 unspecified atom stereocenters. The average molecular weight is 261 g/mol. The molecule has 0 aromatic heterocycles. The van der Waals surface area contributed by atoms with Gasteiger partial charge in [0.15, 0.2) is 0 Å². The minimum atomic E-state index is -4.29. The number of hydrogen-bond acceptors (Lipinski definition) is 2. The highest BCUT2D eigenvalue weighted by Gasteiger charge is 2.30. The van der Waals surface area contributed by atoms with Gasteiger partial charge in [0.05, 0.1) is 24.3 Å². The van der Waals surface area contributed by atoms with E-state index in [9.17, 15) is 13.2 Å². The van der Waals surface area contributed by atoms with E-state index in [1.165, 1.54) is 12.1 Å². The van der Waals surface area contributed by atoms with Crippen LogP contribution in [0.3, 0.4) is 0 Å². The van der Waals surface area contributed by atoms with E-state index < -0.39 is 11.7 Å². The third-order valence-electron chi connectivity index (χ3n) is 2.59. The van der Waals surface area contributed by atoms with E-state index >= 15 is 0 Å². The first-order valence-corrected chi connectivity index (χ1v) is 5.80. The number of halogens is 3. The van der Waals surface area contributed by atoms with Crippen molar-refractivity contribution in [2.45, 2.75) is 32.2 Å². The Kier molecular flexibility index (Phi) is 5.16. The second-order valence-corrected chi connectivity index (χ2v) is 4.34. The molecule has 1 atom stereocenters. The molecule has 0 aliphatic carbocycles. The standard InChI is InChI=1S/C13H18F3NO/c1-9(2)18-8-12(17-3)10-4-6-11(7-5-10)13(14,15)16/h4-7,9,12,17H,8H2,1-3H3. The van der Waals surface area contributed by atoms with Crippen LogP contribution >= 0.6 is 0 Å². The highest BCUT2D eigenvalue weighted by atomic mass is 19.4. The van der Waals surface area contributed by atoms with Crippen molar-refractivity contribution in [3.05, 3.63) is 35.4 Å². The summed E-state index contributed by atoms with van der Waals surface area (Å²) in [4.78, 5) is 0. The summed E-state index contributed by atoms with van der Waals surface area (Å²) in [6.07, 6.45) is -4.20. The van der Waals surface area contributed by atoms with E-state index in [0.717, 1.165) is 17.7 Å². The molecule has 0 spiro atoms. The lowest BCUT2D eigenvalue weighted by Crippen LogP contribution is -2.23. The fourth-order valence-electron chi connectivity index (χ4n) is 1.54. The quantitative estimate of drug-likeness (QED) is 0.877. The SMILES string of the molecule is CNC(COC(C)C)c1ccc(C(F)(F)F)cc1. The van der Waals surface area contributed by atoms with E-state index in [2.05, 4.69) is 5.32 Å². The van der Waals surface area contributed by atoms with Crippen LogP contribution in [0.15, 0.2) is 24.3 Å². The van der Waals surface area contributed by atoms with E-state index in [4.69, 9.17) is 4.74 Å². The van der Waals surface area contributed by atoms with Gasteiger partial charge >= 0.3 is 6.18 Å². The zero-order valence-electron chi connectivity index (χ0n) is 10.7. The summed E-state index contributed by atoms with van der Waals surface area (Å²) in [5.74, 6) is 0. The predicted molar refractivity (Wildman–Crippen MR) is 64.3 cm³/mol. The lowest BCUT2D eigenvalue weighted by atomic mass is 10.1. The maximum atomic E-state index is 12.4. The minimum Gasteiger partial charge on any atom is -0.377 e. The van der Waals surface area contributed by atoms with Crippen molar-refractivity contribution in [3.63, 3.8) is 0 Å². The molecule has 0 fully saturated rings. The van der Waals surface area contributed by atoms with Crippen LogP contribution in [0, 0.1) is 0 Å². The molecule has 2 nitrogen and oxygen atoms in total. The number of rotatable bonds is 5. The van der Waals surface area contributed by atoms with Gasteiger partial charge in [-0.15, -0.1) is 0 Å². The molecule has 0 aliphatic heterocycles. The van der Waals surface area contributed by atoms with Gasteiger partial charge in [0.2, 0.25) is 0 Å². The molecule has 0 saturated heterocycles. The number of hydrogen-bond donors (Lipinski definition) is 1. The van der Waals surface area contributed by atoms with Crippen LogP contribution in [0.4, 0.5) is 13.2 Å². The molecule has 0 bridgehead atoms. The topological polar surface area (TPSA) is 21.3 Å². The third kappa shape index (κ3) is 4.31. The summed E-state index contributed by atoms with van der Waals surface area (Å²) >= 11 is 0. The van der Waals surface area contributed by atoms with Crippen LogP contribution < -0.4 is 5.32 Å². The van der Waals surface area contributed by atoms with Crippen molar-refractivity contribution in [2.24, 2.45) is 0 Å². The molecule has 1 aromatic carbocycles. The number of likely N-dealkylation sites (N-methyl/N-ethyl adjacent to an activating group) is 1. The van der Waals surface area contributed by atoms with Crippen LogP contribution in [0.5, 0.6) is 0 Å². The van der Waals surface area contributed by atoms with Gasteiger partial charge in [-0.3, -0.25) is 0 Å². The van der Waals surface area contributed by atoms with Gasteiger partial charge < -0.3 is 10.1 Å². The predicted octanol–water partition coefficient (Wildman–Crippen LogP) is 3.39. The summed E-state index contributed by atoms with van der Waals surface area (Å²) in [6.45, 7) is 4.26. The van der Waals surface area contributed by atoms with Gasteiger partial charge in [0.1, 0.15) is 0 Å². The molecule has 1 N–H and O–H groups in total. The van der Waals surface area contributed by atoms with Crippen LogP contribution in [-0.2, 0) is 10.9 Å². The van der Waals surface area contributed by atoms with Crippen molar-refractivity contribution in [2.75, 3.05) is 13.7 Å². The van der Waals surface area contributed by atoms with Crippen LogP contribution in [0.25, 0.3) is 0 Å². The van der Waals surface area contributed by atoms with Crippen LogP contribution in [-0.4, -0.2) is 19.8 Å². The molecular weight excluding hydrogens is 243 g/mol. The van der Waals surface area contributed by atoms with Gasteiger partial charge in [-0.25, -0.2) is 0 Å². The summed E-state index contributed by atoms with van der Waals surface area (Å²) < 4.78 is 42.7. The Morgan fingerprint density at radius 3 is 2.11 bits per heavy atom. The molecule has 0 amide bonds. The molecule has 102 valence electrons. The number of alkyl halides is 3. The third-order valence-corrected chi connectivity index (χ3v) is 2.59. The molecule has 18 heavy (non-hydrogen) atoms. The Morgan fingerprint density at radius 2 is 1.72 bits per heavy atom. The van der Waals surface area contributed by atoms with Crippen molar-refractivity contribution in [1.82, 2.24) is 5.32 Å². The first-order valence-electron chi connectivity index (χ1n) is 5.80. The molecule has 0 radical (unpaired) electrons. The number of benzene rings is 1. The van der Waals surface area contributed by atoms with Gasteiger partial charge in [0.25, 0.3) is 0 Å². The number of nitrogens with one attached hydrogen (secondary N) is 1. The maximum Gasteiger partial charge on any atom is 0.416 e. The van der Waals surface area contributed by atoms with Crippen molar-refractivity contribution in [3.8, 4) is 0 Å². The molecule has 0 saturated carbocycles. The van der Waals surface area contributed by atoms with Crippen LogP contribution in [0.1, 0.15) is 31.0 Å². The monoisotopic (exact) mass is 261 g/mol. The normalized spacial score (nSPS) is 13.9. The second-order valence-electron chi connectivity index (χ2n) is 4.34. The molecule has 0 heterocycles. The summed E-state index contributed by atoms with van der Waals surface area (Å²) in [7, 11) is 1.76. The number of ether oxygens (including phenoxy) is 1. The van der Waals surface area contributed by atoms with Crippen molar-refractivity contribution >= 4 is 0 Å². The first-order chi connectivity index (χ1) is 8.34. The second kappa shape index (κ2) is 6.20. The first kappa shape index (κ1) is 15.0. The van der Waals surface area contributed by atoms with Gasteiger partial charge in [-0.1, -0.05) is 12.1 Å². The van der Waals surface area contributed by atoms with Crippen molar-refractivity contribution < 1.29 is 17.9 Å². The Bertz CT molecular complexity index is 359. The highest BCUT2D eigenvalue weighted by molar-refractivity contribution is 5.26. The lowest BCUT2D eigenvalue weighted by Gasteiger charge is -2.19. The Labute approximate surface area is 105 Å². The minimum absolute atomic E-state index is 0.0929.